The average Bonchev–Trinajstić information content (AvgIpc) is 3.11. The molecule has 24 heavy (non-hydrogen) atoms. The van der Waals surface area contributed by atoms with Crippen LogP contribution in [-0.2, 0) is 12.8 Å². The molecule has 124 valence electrons. The van der Waals surface area contributed by atoms with Crippen LogP contribution in [0.1, 0.15) is 45.8 Å². The van der Waals surface area contributed by atoms with Crippen molar-refractivity contribution in [2.45, 2.75) is 39.5 Å². The molecule has 2 aromatic heterocycles. The van der Waals surface area contributed by atoms with Crippen molar-refractivity contribution < 1.29 is 13.7 Å². The van der Waals surface area contributed by atoms with Gasteiger partial charge in [0.1, 0.15) is 5.58 Å². The van der Waals surface area contributed by atoms with Gasteiger partial charge in [-0.15, -0.1) is 0 Å². The van der Waals surface area contributed by atoms with E-state index in [1.807, 2.05) is 26.0 Å². The quantitative estimate of drug-likeness (QED) is 0.723. The van der Waals surface area contributed by atoms with Gasteiger partial charge in [0, 0.05) is 21.5 Å². The summed E-state index contributed by atoms with van der Waals surface area (Å²) >= 11 is 6.18. The smallest absolute Gasteiger partial charge is 0.294 e. The SMILES string of the molecule is Cc1cc2oc(C(=O)Nc3onc4c3CCCC4)c(C)c2cc1Cl. The van der Waals surface area contributed by atoms with Crippen LogP contribution in [0.4, 0.5) is 5.88 Å². The van der Waals surface area contributed by atoms with Gasteiger partial charge >= 0.3 is 0 Å². The van der Waals surface area contributed by atoms with Crippen LogP contribution in [-0.4, -0.2) is 11.1 Å². The minimum atomic E-state index is -0.331. The molecular formula is C18H17ClN2O3. The summed E-state index contributed by atoms with van der Waals surface area (Å²) in [4.78, 5) is 12.6. The molecular weight excluding hydrogens is 328 g/mol. The number of fused-ring (bicyclic) bond motifs is 2. The summed E-state index contributed by atoms with van der Waals surface area (Å²) in [5.74, 6) is 0.374. The number of rotatable bonds is 2. The van der Waals surface area contributed by atoms with Crippen molar-refractivity contribution in [1.82, 2.24) is 5.16 Å². The van der Waals surface area contributed by atoms with Crippen molar-refractivity contribution in [3.05, 3.63) is 45.3 Å². The molecule has 5 nitrogen and oxygen atoms in total. The fourth-order valence-corrected chi connectivity index (χ4v) is 3.37. The first kappa shape index (κ1) is 15.3. The van der Waals surface area contributed by atoms with E-state index < -0.39 is 0 Å². The summed E-state index contributed by atoms with van der Waals surface area (Å²) in [6.45, 7) is 3.75. The van der Waals surface area contributed by atoms with Crippen LogP contribution < -0.4 is 5.32 Å². The summed E-state index contributed by atoms with van der Waals surface area (Å²) in [6.07, 6.45) is 3.97. The predicted octanol–water partition coefficient (Wildman–Crippen LogP) is 4.82. The van der Waals surface area contributed by atoms with Crippen molar-refractivity contribution in [3.63, 3.8) is 0 Å². The van der Waals surface area contributed by atoms with E-state index in [2.05, 4.69) is 10.5 Å². The fourth-order valence-electron chi connectivity index (χ4n) is 3.21. The lowest BCUT2D eigenvalue weighted by Gasteiger charge is -2.09. The second kappa shape index (κ2) is 5.67. The Morgan fingerprint density at radius 2 is 2.04 bits per heavy atom. The summed E-state index contributed by atoms with van der Waals surface area (Å²) in [5.41, 5.74) is 4.27. The molecule has 2 heterocycles. The van der Waals surface area contributed by atoms with E-state index in [9.17, 15) is 4.79 Å². The number of aryl methyl sites for hydroxylation is 3. The maximum absolute atomic E-state index is 12.6. The van der Waals surface area contributed by atoms with Crippen molar-refractivity contribution in [2.75, 3.05) is 5.32 Å². The highest BCUT2D eigenvalue weighted by molar-refractivity contribution is 6.32. The molecule has 1 aromatic carbocycles. The van der Waals surface area contributed by atoms with Crippen LogP contribution in [0.25, 0.3) is 11.0 Å². The van der Waals surface area contributed by atoms with Crippen LogP contribution in [0.5, 0.6) is 0 Å². The highest BCUT2D eigenvalue weighted by atomic mass is 35.5. The molecule has 0 fully saturated rings. The average molecular weight is 345 g/mol. The lowest BCUT2D eigenvalue weighted by Crippen LogP contribution is -2.13. The first-order chi connectivity index (χ1) is 11.5. The van der Waals surface area contributed by atoms with Gasteiger partial charge in [0.25, 0.3) is 5.91 Å². The van der Waals surface area contributed by atoms with Crippen LogP contribution in [0.3, 0.4) is 0 Å². The molecule has 1 aliphatic carbocycles. The number of nitrogens with one attached hydrogen (secondary N) is 1. The monoisotopic (exact) mass is 344 g/mol. The first-order valence-electron chi connectivity index (χ1n) is 8.02. The number of anilines is 1. The number of hydrogen-bond acceptors (Lipinski definition) is 4. The lowest BCUT2D eigenvalue weighted by atomic mass is 9.98. The van der Waals surface area contributed by atoms with E-state index in [0.717, 1.165) is 53.5 Å². The van der Waals surface area contributed by atoms with Crippen molar-refractivity contribution >= 4 is 34.4 Å². The molecule has 1 amide bonds. The Morgan fingerprint density at radius 1 is 1.25 bits per heavy atom. The number of aromatic nitrogens is 1. The molecule has 1 N–H and O–H groups in total. The van der Waals surface area contributed by atoms with E-state index >= 15 is 0 Å². The molecule has 6 heteroatoms. The number of amides is 1. The van der Waals surface area contributed by atoms with Gasteiger partial charge in [-0.1, -0.05) is 16.8 Å². The Morgan fingerprint density at radius 3 is 2.88 bits per heavy atom. The van der Waals surface area contributed by atoms with Gasteiger partial charge < -0.3 is 8.94 Å². The normalized spacial score (nSPS) is 14.0. The number of halogens is 1. The van der Waals surface area contributed by atoms with E-state index in [1.54, 1.807) is 0 Å². The second-order valence-electron chi connectivity index (χ2n) is 6.25. The Bertz CT molecular complexity index is 955. The van der Waals surface area contributed by atoms with Crippen LogP contribution >= 0.6 is 11.6 Å². The second-order valence-corrected chi connectivity index (χ2v) is 6.66. The Balaban J connectivity index is 1.69. The number of carbonyl (C=O) groups excluding carboxylic acids is 1. The number of benzene rings is 1. The van der Waals surface area contributed by atoms with E-state index in [4.69, 9.17) is 20.5 Å². The maximum atomic E-state index is 12.6. The van der Waals surface area contributed by atoms with Gasteiger partial charge in [-0.2, -0.15) is 0 Å². The van der Waals surface area contributed by atoms with Crippen LogP contribution in [0, 0.1) is 13.8 Å². The minimum Gasteiger partial charge on any atom is -0.451 e. The van der Waals surface area contributed by atoms with Crippen LogP contribution in [0.2, 0.25) is 5.02 Å². The van der Waals surface area contributed by atoms with Gasteiger partial charge in [-0.05, 0) is 57.2 Å². The summed E-state index contributed by atoms with van der Waals surface area (Å²) in [6, 6.07) is 3.68. The predicted molar refractivity (Wildman–Crippen MR) is 91.8 cm³/mol. The van der Waals surface area contributed by atoms with Gasteiger partial charge in [0.05, 0.1) is 5.69 Å². The summed E-state index contributed by atoms with van der Waals surface area (Å²) < 4.78 is 11.1. The standard InChI is InChI=1S/C18H17ClN2O3/c1-9-7-15-12(8-13(9)19)10(2)16(23-15)17(22)20-18-11-5-3-4-6-14(11)21-24-18/h7-8H,3-6H2,1-2H3,(H,20,22). The van der Waals surface area contributed by atoms with Gasteiger partial charge in [0.15, 0.2) is 5.76 Å². The Kier molecular flexibility index (Phi) is 3.61. The van der Waals surface area contributed by atoms with E-state index in [0.29, 0.717) is 16.5 Å². The first-order valence-corrected chi connectivity index (χ1v) is 8.40. The molecule has 0 bridgehead atoms. The topological polar surface area (TPSA) is 68.3 Å². The number of furan rings is 1. The number of hydrogen-bond donors (Lipinski definition) is 1. The van der Waals surface area contributed by atoms with Gasteiger partial charge in [0.2, 0.25) is 5.88 Å². The third-order valence-corrected chi connectivity index (χ3v) is 5.02. The molecule has 0 unspecified atom stereocenters. The molecule has 0 radical (unpaired) electrons. The zero-order chi connectivity index (χ0) is 16.8. The molecule has 1 aliphatic rings. The Labute approximate surface area is 143 Å². The van der Waals surface area contributed by atoms with Crippen molar-refractivity contribution in [1.29, 1.82) is 0 Å². The molecule has 3 aromatic rings. The van der Waals surface area contributed by atoms with Crippen LogP contribution in [0.15, 0.2) is 21.1 Å². The Hall–Kier alpha value is -2.27. The zero-order valence-electron chi connectivity index (χ0n) is 13.5. The lowest BCUT2D eigenvalue weighted by molar-refractivity contribution is 0.0994. The summed E-state index contributed by atoms with van der Waals surface area (Å²) in [7, 11) is 0. The van der Waals surface area contributed by atoms with Crippen molar-refractivity contribution in [2.24, 2.45) is 0 Å². The molecule has 0 saturated carbocycles. The number of carbonyl (C=O) groups is 1. The van der Waals surface area contributed by atoms with Gasteiger partial charge in [-0.25, -0.2) is 0 Å². The van der Waals surface area contributed by atoms with E-state index in [-0.39, 0.29) is 11.7 Å². The molecule has 0 atom stereocenters. The maximum Gasteiger partial charge on any atom is 0.294 e. The van der Waals surface area contributed by atoms with Gasteiger partial charge in [-0.3, -0.25) is 10.1 Å². The highest BCUT2D eigenvalue weighted by Gasteiger charge is 2.24. The largest absolute Gasteiger partial charge is 0.451 e. The fraction of sp³-hybridized carbons (Fsp3) is 0.333. The number of nitrogens with zero attached hydrogens (tertiary/aromatic N) is 1. The molecule has 0 saturated heterocycles. The highest BCUT2D eigenvalue weighted by Crippen LogP contribution is 2.32. The third-order valence-electron chi connectivity index (χ3n) is 4.61. The minimum absolute atomic E-state index is 0.271. The zero-order valence-corrected chi connectivity index (χ0v) is 14.3. The molecule has 4 rings (SSSR count). The third kappa shape index (κ3) is 2.40. The summed E-state index contributed by atoms with van der Waals surface area (Å²) in [5, 5.41) is 8.35. The van der Waals surface area contributed by atoms with Crippen molar-refractivity contribution in [3.8, 4) is 0 Å². The molecule has 0 aliphatic heterocycles. The van der Waals surface area contributed by atoms with E-state index in [1.165, 1.54) is 0 Å². The molecule has 0 spiro atoms.